The van der Waals surface area contributed by atoms with Crippen LogP contribution in [0.25, 0.3) is 0 Å². The molecule has 1 aromatic heterocycles. The summed E-state index contributed by atoms with van der Waals surface area (Å²) >= 11 is 0. The van der Waals surface area contributed by atoms with Crippen LogP contribution >= 0.6 is 0 Å². The maximum atomic E-state index is 11.2. The Morgan fingerprint density at radius 1 is 1.62 bits per heavy atom. The Bertz CT molecular complexity index is 382. The molecule has 0 radical (unpaired) electrons. The molecule has 0 bridgehead atoms. The van der Waals surface area contributed by atoms with Gasteiger partial charge in [-0.1, -0.05) is 0 Å². The molecule has 0 aromatic carbocycles. The standard InChI is InChI=1S/C7H10N4O2/c1-10(2)7-9-4-3-5(12)11(7)6(8)13/h3-4H,1-2H3,(H2,8,13). The van der Waals surface area contributed by atoms with Gasteiger partial charge in [0.25, 0.3) is 5.56 Å². The third kappa shape index (κ3) is 1.66. The predicted octanol–water partition coefficient (Wildman–Crippen LogP) is -0.764. The highest BCUT2D eigenvalue weighted by Crippen LogP contribution is 2.00. The Labute approximate surface area is 74.6 Å². The first-order chi connectivity index (χ1) is 6.04. The lowest BCUT2D eigenvalue weighted by Gasteiger charge is -2.14. The highest BCUT2D eigenvalue weighted by Gasteiger charge is 2.10. The molecule has 2 N–H and O–H groups in total. The van der Waals surface area contributed by atoms with Gasteiger partial charge in [0.05, 0.1) is 0 Å². The van der Waals surface area contributed by atoms with Crippen LogP contribution in [0.2, 0.25) is 0 Å². The summed E-state index contributed by atoms with van der Waals surface area (Å²) in [4.78, 5) is 27.4. The van der Waals surface area contributed by atoms with E-state index in [0.29, 0.717) is 0 Å². The summed E-state index contributed by atoms with van der Waals surface area (Å²) in [5.41, 5.74) is 4.53. The summed E-state index contributed by atoms with van der Waals surface area (Å²) < 4.78 is 0.806. The molecule has 0 aliphatic rings. The highest BCUT2D eigenvalue weighted by atomic mass is 16.2. The molecule has 70 valence electrons. The zero-order valence-electron chi connectivity index (χ0n) is 7.39. The molecule has 0 aliphatic carbocycles. The first kappa shape index (κ1) is 9.24. The van der Waals surface area contributed by atoms with Crippen molar-refractivity contribution in [1.29, 1.82) is 0 Å². The summed E-state index contributed by atoms with van der Waals surface area (Å²) in [6, 6.07) is 0.347. The topological polar surface area (TPSA) is 81.2 Å². The number of nitrogens with two attached hydrogens (primary N) is 1. The van der Waals surface area contributed by atoms with Gasteiger partial charge in [-0.3, -0.25) is 4.79 Å². The molecule has 0 unspecified atom stereocenters. The van der Waals surface area contributed by atoms with Crippen LogP contribution < -0.4 is 16.2 Å². The maximum absolute atomic E-state index is 11.2. The van der Waals surface area contributed by atoms with Crippen LogP contribution in [-0.2, 0) is 0 Å². The number of anilines is 1. The quantitative estimate of drug-likeness (QED) is 0.618. The zero-order chi connectivity index (χ0) is 10.0. The van der Waals surface area contributed by atoms with Gasteiger partial charge < -0.3 is 10.6 Å². The van der Waals surface area contributed by atoms with Gasteiger partial charge in [0.1, 0.15) is 0 Å². The zero-order valence-corrected chi connectivity index (χ0v) is 7.39. The Morgan fingerprint density at radius 2 is 2.23 bits per heavy atom. The normalized spacial score (nSPS) is 9.69. The van der Waals surface area contributed by atoms with E-state index >= 15 is 0 Å². The first-order valence-corrected chi connectivity index (χ1v) is 3.59. The number of hydrogen-bond donors (Lipinski definition) is 1. The molecule has 0 spiro atoms. The van der Waals surface area contributed by atoms with E-state index < -0.39 is 11.6 Å². The number of rotatable bonds is 1. The van der Waals surface area contributed by atoms with Gasteiger partial charge in [-0.05, 0) is 0 Å². The van der Waals surface area contributed by atoms with Crippen molar-refractivity contribution in [2.24, 2.45) is 5.73 Å². The van der Waals surface area contributed by atoms with E-state index in [4.69, 9.17) is 5.73 Å². The number of hydrogen-bond acceptors (Lipinski definition) is 4. The van der Waals surface area contributed by atoms with Crippen molar-refractivity contribution in [3.8, 4) is 0 Å². The Kier molecular flexibility index (Phi) is 2.32. The Morgan fingerprint density at radius 3 is 2.62 bits per heavy atom. The van der Waals surface area contributed by atoms with Crippen LogP contribution in [0, 0.1) is 0 Å². The molecule has 0 fully saturated rings. The van der Waals surface area contributed by atoms with Crippen LogP contribution in [0.1, 0.15) is 0 Å². The second kappa shape index (κ2) is 3.26. The van der Waals surface area contributed by atoms with Crippen LogP contribution in [-0.4, -0.2) is 29.7 Å². The first-order valence-electron chi connectivity index (χ1n) is 3.59. The van der Waals surface area contributed by atoms with Gasteiger partial charge in [0, 0.05) is 26.4 Å². The fourth-order valence-electron chi connectivity index (χ4n) is 0.921. The largest absolute Gasteiger partial charge is 0.351 e. The van der Waals surface area contributed by atoms with E-state index in [-0.39, 0.29) is 5.95 Å². The summed E-state index contributed by atoms with van der Waals surface area (Å²) in [6.45, 7) is 0. The molecule has 0 saturated carbocycles. The average Bonchev–Trinajstić information content (AvgIpc) is 2.02. The molecule has 1 amide bonds. The molecule has 1 heterocycles. The summed E-state index contributed by atoms with van der Waals surface area (Å²) in [6.07, 6.45) is 1.33. The average molecular weight is 182 g/mol. The fraction of sp³-hybridized carbons (Fsp3) is 0.286. The molecule has 6 heteroatoms. The van der Waals surface area contributed by atoms with E-state index in [0.717, 1.165) is 4.57 Å². The van der Waals surface area contributed by atoms with Gasteiger partial charge in [0.15, 0.2) is 0 Å². The van der Waals surface area contributed by atoms with Crippen molar-refractivity contribution in [3.63, 3.8) is 0 Å². The third-order valence-electron chi connectivity index (χ3n) is 1.45. The highest BCUT2D eigenvalue weighted by molar-refractivity contribution is 5.77. The van der Waals surface area contributed by atoms with Crippen molar-refractivity contribution >= 4 is 12.0 Å². The molecule has 1 aromatic rings. The summed E-state index contributed by atoms with van der Waals surface area (Å²) in [5, 5.41) is 0. The molecule has 13 heavy (non-hydrogen) atoms. The smallest absolute Gasteiger partial charge is 0.328 e. The molecule has 1 rings (SSSR count). The van der Waals surface area contributed by atoms with Crippen molar-refractivity contribution in [2.75, 3.05) is 19.0 Å². The number of amides is 1. The molecular weight excluding hydrogens is 172 g/mol. The minimum atomic E-state index is -0.832. The number of carbonyl (C=O) groups excluding carboxylic acids is 1. The van der Waals surface area contributed by atoms with Crippen LogP contribution in [0.4, 0.5) is 10.7 Å². The predicted molar refractivity (Wildman–Crippen MR) is 47.8 cm³/mol. The van der Waals surface area contributed by atoms with Gasteiger partial charge in [-0.15, -0.1) is 0 Å². The van der Waals surface area contributed by atoms with Crippen molar-refractivity contribution in [3.05, 3.63) is 22.6 Å². The lowest BCUT2D eigenvalue weighted by Crippen LogP contribution is -2.35. The minimum Gasteiger partial charge on any atom is -0.351 e. The molecule has 6 nitrogen and oxygen atoms in total. The third-order valence-corrected chi connectivity index (χ3v) is 1.45. The van der Waals surface area contributed by atoms with E-state index in [1.54, 1.807) is 14.1 Å². The molecular formula is C7H10N4O2. The lowest BCUT2D eigenvalue weighted by molar-refractivity contribution is 0.249. The number of primary amides is 1. The number of nitrogens with zero attached hydrogens (tertiary/aromatic N) is 3. The fourth-order valence-corrected chi connectivity index (χ4v) is 0.921. The Hall–Kier alpha value is -1.85. The van der Waals surface area contributed by atoms with E-state index in [1.165, 1.54) is 17.2 Å². The van der Waals surface area contributed by atoms with E-state index in [9.17, 15) is 9.59 Å². The lowest BCUT2D eigenvalue weighted by atomic mass is 10.6. The molecule has 0 atom stereocenters. The number of carbonyl (C=O) groups is 1. The van der Waals surface area contributed by atoms with Gasteiger partial charge in [0.2, 0.25) is 5.95 Å². The van der Waals surface area contributed by atoms with Crippen molar-refractivity contribution in [2.45, 2.75) is 0 Å². The number of aromatic nitrogens is 2. The van der Waals surface area contributed by atoms with Gasteiger partial charge in [-0.25, -0.2) is 9.78 Å². The summed E-state index contributed by atoms with van der Waals surface area (Å²) in [7, 11) is 3.34. The minimum absolute atomic E-state index is 0.222. The van der Waals surface area contributed by atoms with Crippen molar-refractivity contribution in [1.82, 2.24) is 9.55 Å². The maximum Gasteiger partial charge on any atom is 0.328 e. The van der Waals surface area contributed by atoms with Crippen LogP contribution in [0.3, 0.4) is 0 Å². The second-order valence-corrected chi connectivity index (χ2v) is 2.65. The second-order valence-electron chi connectivity index (χ2n) is 2.65. The SMILES string of the molecule is CN(C)c1nccc(=O)n1C(N)=O. The van der Waals surface area contributed by atoms with Gasteiger partial charge >= 0.3 is 6.03 Å². The van der Waals surface area contributed by atoms with E-state index in [1.807, 2.05) is 0 Å². The molecule has 0 aliphatic heterocycles. The Balaban J connectivity index is 3.43. The molecule has 0 saturated heterocycles. The monoisotopic (exact) mass is 182 g/mol. The summed E-state index contributed by atoms with van der Waals surface area (Å²) in [5.74, 6) is 0.222. The van der Waals surface area contributed by atoms with Crippen LogP contribution in [0.15, 0.2) is 17.1 Å². The van der Waals surface area contributed by atoms with Crippen molar-refractivity contribution < 1.29 is 4.79 Å². The van der Waals surface area contributed by atoms with Crippen LogP contribution in [0.5, 0.6) is 0 Å². The van der Waals surface area contributed by atoms with Gasteiger partial charge in [-0.2, -0.15) is 4.57 Å². The van der Waals surface area contributed by atoms with E-state index in [2.05, 4.69) is 4.98 Å².